The molecule has 0 aromatic carbocycles. The zero-order chi connectivity index (χ0) is 9.61. The fourth-order valence-corrected chi connectivity index (χ4v) is 0.940. The quantitative estimate of drug-likeness (QED) is 0.389. The molecule has 0 radical (unpaired) electrons. The number of nitrogens with two attached hydrogens (primary N) is 1. The standard InChI is InChI=1S/C7H15F3N2/c1-2-3-4-5-6(12-11)7(8,9)10/h6,12H,2-5,11H2,1H3. The molecule has 2 nitrogen and oxygen atoms in total. The van der Waals surface area contributed by atoms with Crippen LogP contribution in [0.3, 0.4) is 0 Å². The Labute approximate surface area is 70.3 Å². The topological polar surface area (TPSA) is 38.0 Å². The van der Waals surface area contributed by atoms with Gasteiger partial charge < -0.3 is 0 Å². The summed E-state index contributed by atoms with van der Waals surface area (Å²) in [5.41, 5.74) is 1.78. The molecule has 0 aliphatic rings. The van der Waals surface area contributed by atoms with Crippen LogP contribution in [0.5, 0.6) is 0 Å². The Morgan fingerprint density at radius 2 is 1.92 bits per heavy atom. The Hall–Kier alpha value is -0.290. The van der Waals surface area contributed by atoms with Gasteiger partial charge in [0.25, 0.3) is 0 Å². The number of unbranched alkanes of at least 4 members (excludes halogenated alkanes) is 2. The van der Waals surface area contributed by atoms with Gasteiger partial charge in [0.15, 0.2) is 0 Å². The van der Waals surface area contributed by atoms with Gasteiger partial charge in [0.1, 0.15) is 6.04 Å². The van der Waals surface area contributed by atoms with Crippen LogP contribution >= 0.6 is 0 Å². The first-order valence-electron chi connectivity index (χ1n) is 4.05. The molecule has 0 saturated heterocycles. The molecule has 0 heterocycles. The molecule has 5 heteroatoms. The molecule has 12 heavy (non-hydrogen) atoms. The Kier molecular flexibility index (Phi) is 5.24. The smallest absolute Gasteiger partial charge is 0.271 e. The molecule has 0 fully saturated rings. The Bertz CT molecular complexity index is 114. The SMILES string of the molecule is CCCCCC(NN)C(F)(F)F. The third-order valence-electron chi connectivity index (χ3n) is 1.69. The minimum atomic E-state index is -4.22. The molecule has 0 bridgehead atoms. The summed E-state index contributed by atoms with van der Waals surface area (Å²) in [5, 5.41) is 0. The first kappa shape index (κ1) is 11.7. The fraction of sp³-hybridized carbons (Fsp3) is 1.00. The number of halogens is 3. The van der Waals surface area contributed by atoms with E-state index in [9.17, 15) is 13.2 Å². The first-order chi connectivity index (χ1) is 5.52. The largest absolute Gasteiger partial charge is 0.405 e. The molecule has 0 saturated carbocycles. The van der Waals surface area contributed by atoms with E-state index >= 15 is 0 Å². The van der Waals surface area contributed by atoms with Gasteiger partial charge in [-0.1, -0.05) is 26.2 Å². The van der Waals surface area contributed by atoms with Crippen molar-refractivity contribution in [2.75, 3.05) is 0 Å². The molecule has 0 rings (SSSR count). The highest BCUT2D eigenvalue weighted by Gasteiger charge is 2.38. The third kappa shape index (κ3) is 4.56. The molecule has 1 atom stereocenters. The van der Waals surface area contributed by atoms with Gasteiger partial charge >= 0.3 is 6.18 Å². The van der Waals surface area contributed by atoms with Crippen molar-refractivity contribution in [3.8, 4) is 0 Å². The minimum Gasteiger partial charge on any atom is -0.271 e. The number of hydrogen-bond donors (Lipinski definition) is 2. The van der Waals surface area contributed by atoms with Gasteiger partial charge in [0, 0.05) is 0 Å². The summed E-state index contributed by atoms with van der Waals surface area (Å²) in [7, 11) is 0. The molecule has 0 spiro atoms. The third-order valence-corrected chi connectivity index (χ3v) is 1.69. The van der Waals surface area contributed by atoms with E-state index in [1.807, 2.05) is 6.92 Å². The summed E-state index contributed by atoms with van der Waals surface area (Å²) in [6.07, 6.45) is -1.87. The number of nitrogens with one attached hydrogen (secondary N) is 1. The lowest BCUT2D eigenvalue weighted by Gasteiger charge is -2.18. The second-order valence-electron chi connectivity index (χ2n) is 2.76. The summed E-state index contributed by atoms with van der Waals surface area (Å²) < 4.78 is 36.0. The van der Waals surface area contributed by atoms with E-state index in [0.717, 1.165) is 12.8 Å². The maximum atomic E-state index is 12.0. The minimum absolute atomic E-state index is 0.0633. The van der Waals surface area contributed by atoms with Crippen molar-refractivity contribution in [1.82, 2.24) is 5.43 Å². The van der Waals surface area contributed by atoms with Crippen LogP contribution in [-0.2, 0) is 0 Å². The second-order valence-corrected chi connectivity index (χ2v) is 2.76. The maximum absolute atomic E-state index is 12.0. The van der Waals surface area contributed by atoms with Crippen molar-refractivity contribution >= 4 is 0 Å². The van der Waals surface area contributed by atoms with Crippen LogP contribution in [0.15, 0.2) is 0 Å². The Morgan fingerprint density at radius 3 is 2.25 bits per heavy atom. The lowest BCUT2D eigenvalue weighted by Crippen LogP contribution is -2.45. The van der Waals surface area contributed by atoms with Crippen LogP contribution in [0.25, 0.3) is 0 Å². The molecule has 0 aliphatic carbocycles. The summed E-state index contributed by atoms with van der Waals surface area (Å²) >= 11 is 0. The van der Waals surface area contributed by atoms with Gasteiger partial charge in [0.05, 0.1) is 0 Å². The van der Waals surface area contributed by atoms with Crippen molar-refractivity contribution in [3.63, 3.8) is 0 Å². The lowest BCUT2D eigenvalue weighted by molar-refractivity contribution is -0.157. The molecule has 3 N–H and O–H groups in total. The van der Waals surface area contributed by atoms with Crippen LogP contribution in [0.4, 0.5) is 13.2 Å². The Balaban J connectivity index is 3.68. The number of hydrogen-bond acceptors (Lipinski definition) is 2. The molecule has 74 valence electrons. The normalized spacial score (nSPS) is 14.8. The summed E-state index contributed by atoms with van der Waals surface area (Å²) in [6.45, 7) is 1.94. The van der Waals surface area contributed by atoms with E-state index in [1.165, 1.54) is 0 Å². The molecule has 0 amide bonds. The predicted molar refractivity (Wildman–Crippen MR) is 41.3 cm³/mol. The summed E-state index contributed by atoms with van der Waals surface area (Å²) in [4.78, 5) is 0. The van der Waals surface area contributed by atoms with E-state index in [-0.39, 0.29) is 6.42 Å². The molecule has 0 aromatic heterocycles. The van der Waals surface area contributed by atoms with Gasteiger partial charge in [-0.2, -0.15) is 13.2 Å². The van der Waals surface area contributed by atoms with E-state index in [2.05, 4.69) is 0 Å². The van der Waals surface area contributed by atoms with E-state index in [0.29, 0.717) is 6.42 Å². The highest BCUT2D eigenvalue weighted by atomic mass is 19.4. The van der Waals surface area contributed by atoms with Crippen molar-refractivity contribution in [2.45, 2.75) is 44.8 Å². The van der Waals surface area contributed by atoms with Gasteiger partial charge in [-0.3, -0.25) is 5.84 Å². The zero-order valence-electron chi connectivity index (χ0n) is 7.12. The highest BCUT2D eigenvalue weighted by Crippen LogP contribution is 2.23. The maximum Gasteiger partial charge on any atom is 0.405 e. The molecule has 0 aromatic rings. The number of alkyl halides is 3. The Morgan fingerprint density at radius 1 is 1.33 bits per heavy atom. The van der Waals surface area contributed by atoms with Crippen LogP contribution < -0.4 is 11.3 Å². The average molecular weight is 184 g/mol. The molecular weight excluding hydrogens is 169 g/mol. The molecule has 1 unspecified atom stereocenters. The monoisotopic (exact) mass is 184 g/mol. The number of rotatable bonds is 5. The van der Waals surface area contributed by atoms with E-state index in [1.54, 1.807) is 5.43 Å². The predicted octanol–water partition coefficient (Wildman–Crippen LogP) is 1.96. The van der Waals surface area contributed by atoms with Crippen molar-refractivity contribution in [1.29, 1.82) is 0 Å². The average Bonchev–Trinajstić information content (AvgIpc) is 1.95. The van der Waals surface area contributed by atoms with E-state index < -0.39 is 12.2 Å². The summed E-state index contributed by atoms with van der Waals surface area (Å²) in [5.74, 6) is 4.77. The highest BCUT2D eigenvalue weighted by molar-refractivity contribution is 4.71. The van der Waals surface area contributed by atoms with Crippen molar-refractivity contribution in [3.05, 3.63) is 0 Å². The first-order valence-corrected chi connectivity index (χ1v) is 4.05. The van der Waals surface area contributed by atoms with Crippen LogP contribution in [-0.4, -0.2) is 12.2 Å². The summed E-state index contributed by atoms with van der Waals surface area (Å²) in [6, 6.07) is -1.55. The lowest BCUT2D eigenvalue weighted by atomic mass is 10.1. The van der Waals surface area contributed by atoms with E-state index in [4.69, 9.17) is 5.84 Å². The van der Waals surface area contributed by atoms with Gasteiger partial charge in [-0.25, -0.2) is 5.43 Å². The van der Waals surface area contributed by atoms with Crippen LogP contribution in [0.2, 0.25) is 0 Å². The number of hydrazine groups is 1. The second kappa shape index (κ2) is 5.37. The van der Waals surface area contributed by atoms with Gasteiger partial charge in [0.2, 0.25) is 0 Å². The van der Waals surface area contributed by atoms with Crippen LogP contribution in [0.1, 0.15) is 32.6 Å². The molecule has 0 aliphatic heterocycles. The molecular formula is C7H15F3N2. The fourth-order valence-electron chi connectivity index (χ4n) is 0.940. The van der Waals surface area contributed by atoms with Crippen molar-refractivity contribution < 1.29 is 13.2 Å². The van der Waals surface area contributed by atoms with Gasteiger partial charge in [-0.05, 0) is 6.42 Å². The van der Waals surface area contributed by atoms with Gasteiger partial charge in [-0.15, -0.1) is 0 Å². The van der Waals surface area contributed by atoms with Crippen molar-refractivity contribution in [2.24, 2.45) is 5.84 Å². The van der Waals surface area contributed by atoms with Crippen LogP contribution in [0, 0.1) is 0 Å². The zero-order valence-corrected chi connectivity index (χ0v) is 7.12.